The maximum Gasteiger partial charge on any atom is 0.416 e. The fourth-order valence-corrected chi connectivity index (χ4v) is 3.23. The van der Waals surface area contributed by atoms with Crippen molar-refractivity contribution in [3.05, 3.63) is 59.2 Å². The lowest BCUT2D eigenvalue weighted by Gasteiger charge is -2.25. The molecule has 0 saturated heterocycles. The van der Waals surface area contributed by atoms with Crippen LogP contribution in [0, 0.1) is 5.41 Å². The number of ether oxygens (including phenoxy) is 1. The van der Waals surface area contributed by atoms with E-state index in [1.807, 2.05) is 20.8 Å². The predicted molar refractivity (Wildman–Crippen MR) is 106 cm³/mol. The highest BCUT2D eigenvalue weighted by Gasteiger charge is 2.30. The van der Waals surface area contributed by atoms with E-state index in [1.165, 1.54) is 19.2 Å². The molecule has 0 aliphatic heterocycles. The summed E-state index contributed by atoms with van der Waals surface area (Å²) in [7, 11) is 1.30. The Bertz CT molecular complexity index is 849. The lowest BCUT2D eigenvalue weighted by atomic mass is 9.83. The standard InChI is InChI=1S/C23H27F3O3/c1-14(21(28)29-5)16-8-11-18(20(27)13-22(2,3)4)19(12-16)15-6-9-17(10-7-15)23(24,25)26/h6-12,14,20,27H,13H2,1-5H3/t14-,20+/m0/s1. The summed E-state index contributed by atoms with van der Waals surface area (Å²) in [6.07, 6.45) is -4.74. The Labute approximate surface area is 169 Å². The molecule has 2 rings (SSSR count). The Hall–Kier alpha value is -2.34. The van der Waals surface area contributed by atoms with Gasteiger partial charge in [-0.1, -0.05) is 45.0 Å². The van der Waals surface area contributed by atoms with Crippen LogP contribution >= 0.6 is 0 Å². The van der Waals surface area contributed by atoms with E-state index in [0.29, 0.717) is 28.7 Å². The van der Waals surface area contributed by atoms with Crippen LogP contribution < -0.4 is 0 Å². The number of methoxy groups -OCH3 is 1. The topological polar surface area (TPSA) is 46.5 Å². The van der Waals surface area contributed by atoms with Gasteiger partial charge in [0.25, 0.3) is 0 Å². The molecule has 0 radical (unpaired) electrons. The third-order valence-corrected chi connectivity index (χ3v) is 4.82. The molecule has 0 spiro atoms. The number of aliphatic hydroxyl groups excluding tert-OH is 1. The van der Waals surface area contributed by atoms with Crippen molar-refractivity contribution in [1.29, 1.82) is 0 Å². The summed E-state index contributed by atoms with van der Waals surface area (Å²) in [5, 5.41) is 10.8. The molecule has 2 aromatic rings. The normalized spacial score (nSPS) is 14.4. The molecule has 0 bridgehead atoms. The zero-order chi connectivity index (χ0) is 22.0. The van der Waals surface area contributed by atoms with Crippen molar-refractivity contribution < 1.29 is 27.8 Å². The molecule has 0 amide bonds. The lowest BCUT2D eigenvalue weighted by Crippen LogP contribution is -2.14. The molecule has 6 heteroatoms. The number of carbonyl (C=O) groups is 1. The number of esters is 1. The second-order valence-corrected chi connectivity index (χ2v) is 8.45. The molecular formula is C23H27F3O3. The average molecular weight is 408 g/mol. The molecule has 0 aliphatic carbocycles. The molecule has 158 valence electrons. The molecule has 1 N–H and O–H groups in total. The van der Waals surface area contributed by atoms with E-state index < -0.39 is 29.7 Å². The van der Waals surface area contributed by atoms with E-state index in [0.717, 1.165) is 12.1 Å². The highest BCUT2D eigenvalue weighted by molar-refractivity contribution is 5.79. The van der Waals surface area contributed by atoms with Gasteiger partial charge in [0.15, 0.2) is 0 Å². The van der Waals surface area contributed by atoms with E-state index in [4.69, 9.17) is 4.74 Å². The van der Waals surface area contributed by atoms with E-state index in [9.17, 15) is 23.1 Å². The summed E-state index contributed by atoms with van der Waals surface area (Å²) < 4.78 is 43.6. The Morgan fingerprint density at radius 1 is 1.07 bits per heavy atom. The van der Waals surface area contributed by atoms with Crippen molar-refractivity contribution in [3.8, 4) is 11.1 Å². The van der Waals surface area contributed by atoms with Crippen LogP contribution in [0.15, 0.2) is 42.5 Å². The summed E-state index contributed by atoms with van der Waals surface area (Å²) in [6, 6.07) is 10.0. The Morgan fingerprint density at radius 3 is 2.14 bits per heavy atom. The van der Waals surface area contributed by atoms with Crippen LogP contribution in [0.5, 0.6) is 0 Å². The Balaban J connectivity index is 2.56. The van der Waals surface area contributed by atoms with Crippen molar-refractivity contribution in [2.24, 2.45) is 5.41 Å². The van der Waals surface area contributed by atoms with Crippen LogP contribution in [0.3, 0.4) is 0 Å². The van der Waals surface area contributed by atoms with Crippen molar-refractivity contribution in [1.82, 2.24) is 0 Å². The number of alkyl halides is 3. The van der Waals surface area contributed by atoms with E-state index in [2.05, 4.69) is 0 Å². The van der Waals surface area contributed by atoms with Gasteiger partial charge in [-0.05, 0) is 59.2 Å². The molecule has 0 heterocycles. The molecule has 2 aromatic carbocycles. The lowest BCUT2D eigenvalue weighted by molar-refractivity contribution is -0.142. The number of carbonyl (C=O) groups excluding carboxylic acids is 1. The minimum Gasteiger partial charge on any atom is -0.469 e. The maximum atomic E-state index is 12.9. The number of halogens is 3. The van der Waals surface area contributed by atoms with Crippen LogP contribution in [0.2, 0.25) is 0 Å². The SMILES string of the molecule is COC(=O)[C@@H](C)c1ccc([C@H](O)CC(C)(C)C)c(-c2ccc(C(F)(F)F)cc2)c1. The van der Waals surface area contributed by atoms with E-state index in [-0.39, 0.29) is 5.41 Å². The molecule has 0 aliphatic rings. The molecule has 0 aromatic heterocycles. The first-order chi connectivity index (χ1) is 13.3. The van der Waals surface area contributed by atoms with Gasteiger partial charge in [-0.25, -0.2) is 0 Å². The van der Waals surface area contributed by atoms with Crippen LogP contribution in [0.25, 0.3) is 11.1 Å². The molecule has 2 atom stereocenters. The van der Waals surface area contributed by atoms with Gasteiger partial charge in [0.2, 0.25) is 0 Å². The zero-order valence-electron chi connectivity index (χ0n) is 17.3. The van der Waals surface area contributed by atoms with Crippen molar-refractivity contribution in [2.45, 2.75) is 52.3 Å². The fourth-order valence-electron chi connectivity index (χ4n) is 3.23. The van der Waals surface area contributed by atoms with E-state index >= 15 is 0 Å². The van der Waals surface area contributed by atoms with Crippen LogP contribution in [-0.2, 0) is 15.7 Å². The zero-order valence-corrected chi connectivity index (χ0v) is 17.3. The summed E-state index contributed by atoms with van der Waals surface area (Å²) in [4.78, 5) is 11.9. The van der Waals surface area contributed by atoms with Gasteiger partial charge in [0.05, 0.1) is 24.7 Å². The Morgan fingerprint density at radius 2 is 1.66 bits per heavy atom. The maximum absolute atomic E-state index is 12.9. The predicted octanol–water partition coefficient (Wildman–Crippen LogP) is 6.12. The molecule has 0 fully saturated rings. The van der Waals surface area contributed by atoms with Crippen LogP contribution in [0.4, 0.5) is 13.2 Å². The summed E-state index contributed by atoms with van der Waals surface area (Å²) in [6.45, 7) is 7.70. The number of benzene rings is 2. The minimum atomic E-state index is -4.42. The first-order valence-electron chi connectivity index (χ1n) is 9.41. The highest BCUT2D eigenvalue weighted by Crippen LogP contribution is 2.38. The molecule has 3 nitrogen and oxygen atoms in total. The quantitative estimate of drug-likeness (QED) is 0.607. The van der Waals surface area contributed by atoms with Crippen molar-refractivity contribution in [3.63, 3.8) is 0 Å². The average Bonchev–Trinajstić information content (AvgIpc) is 2.64. The van der Waals surface area contributed by atoms with Crippen LogP contribution in [-0.4, -0.2) is 18.2 Å². The second-order valence-electron chi connectivity index (χ2n) is 8.45. The molecule has 0 unspecified atom stereocenters. The smallest absolute Gasteiger partial charge is 0.416 e. The fraction of sp³-hybridized carbons (Fsp3) is 0.435. The Kier molecular flexibility index (Phi) is 6.78. The largest absolute Gasteiger partial charge is 0.469 e. The third kappa shape index (κ3) is 5.82. The molecule has 29 heavy (non-hydrogen) atoms. The van der Waals surface area contributed by atoms with Crippen molar-refractivity contribution >= 4 is 5.97 Å². The number of hydrogen-bond donors (Lipinski definition) is 1. The van der Waals surface area contributed by atoms with Gasteiger partial charge in [-0.15, -0.1) is 0 Å². The van der Waals surface area contributed by atoms with Gasteiger partial charge >= 0.3 is 12.1 Å². The minimum absolute atomic E-state index is 0.144. The van der Waals surface area contributed by atoms with Crippen molar-refractivity contribution in [2.75, 3.05) is 7.11 Å². The summed E-state index contributed by atoms with van der Waals surface area (Å²) in [5.41, 5.74) is 1.54. The van der Waals surface area contributed by atoms with Gasteiger partial charge in [0, 0.05) is 0 Å². The molecule has 0 saturated carbocycles. The first kappa shape index (κ1) is 22.9. The first-order valence-corrected chi connectivity index (χ1v) is 9.41. The summed E-state index contributed by atoms with van der Waals surface area (Å²) >= 11 is 0. The van der Waals surface area contributed by atoms with Gasteiger partial charge in [-0.3, -0.25) is 4.79 Å². The number of aliphatic hydroxyl groups is 1. The van der Waals surface area contributed by atoms with Gasteiger partial charge in [-0.2, -0.15) is 13.2 Å². The van der Waals surface area contributed by atoms with Gasteiger partial charge < -0.3 is 9.84 Å². The highest BCUT2D eigenvalue weighted by atomic mass is 19.4. The third-order valence-electron chi connectivity index (χ3n) is 4.82. The second kappa shape index (κ2) is 8.57. The molecular weight excluding hydrogens is 381 g/mol. The summed E-state index contributed by atoms with van der Waals surface area (Å²) in [5.74, 6) is -0.951. The number of rotatable bonds is 5. The van der Waals surface area contributed by atoms with Gasteiger partial charge in [0.1, 0.15) is 0 Å². The monoisotopic (exact) mass is 408 g/mol. The number of hydrogen-bond acceptors (Lipinski definition) is 3. The van der Waals surface area contributed by atoms with Crippen LogP contribution in [0.1, 0.15) is 62.8 Å². The van der Waals surface area contributed by atoms with E-state index in [1.54, 1.807) is 25.1 Å².